The van der Waals surface area contributed by atoms with E-state index < -0.39 is 34.0 Å². The summed E-state index contributed by atoms with van der Waals surface area (Å²) in [5, 5.41) is 32.2. The van der Waals surface area contributed by atoms with E-state index in [0.717, 1.165) is 50.0 Å². The molecule has 0 bridgehead atoms. The van der Waals surface area contributed by atoms with Crippen molar-refractivity contribution in [1.82, 2.24) is 9.97 Å². The molecule has 1 amide bonds. The molecule has 1 aromatic carbocycles. The molecule has 2 aliphatic carbocycles. The molecular formula is C35H55F2N5O8S. The van der Waals surface area contributed by atoms with Crippen molar-refractivity contribution in [1.29, 1.82) is 0 Å². The molecule has 3 N–H and O–H groups in total. The number of halogens is 2. The molecule has 0 aliphatic heterocycles. The van der Waals surface area contributed by atoms with Crippen molar-refractivity contribution in [3.05, 3.63) is 46.0 Å². The van der Waals surface area contributed by atoms with Crippen molar-refractivity contribution in [3.63, 3.8) is 0 Å². The fourth-order valence-electron chi connectivity index (χ4n) is 4.59. The zero-order valence-electron chi connectivity index (χ0n) is 31.2. The number of nitro groups is 1. The van der Waals surface area contributed by atoms with Gasteiger partial charge in [-0.15, -0.1) is 0 Å². The van der Waals surface area contributed by atoms with Crippen molar-refractivity contribution >= 4 is 35.2 Å². The summed E-state index contributed by atoms with van der Waals surface area (Å²) in [6.45, 7) is 17.0. The number of ether oxygens (including phenoxy) is 3. The molecule has 2 fully saturated rings. The average Bonchev–Trinajstić information content (AvgIpc) is 3.71. The van der Waals surface area contributed by atoms with Gasteiger partial charge < -0.3 is 29.7 Å². The molecule has 2 unspecified atom stereocenters. The van der Waals surface area contributed by atoms with Crippen LogP contribution in [0.15, 0.2) is 29.4 Å². The number of carbonyl (C=O) groups is 1. The molecule has 2 aliphatic rings. The van der Waals surface area contributed by atoms with E-state index in [1.807, 2.05) is 27.7 Å². The molecule has 1 heterocycles. The highest BCUT2D eigenvalue weighted by molar-refractivity contribution is 7.99. The minimum Gasteiger partial charge on any atom is -0.443 e. The van der Waals surface area contributed by atoms with Crippen LogP contribution in [-0.4, -0.2) is 85.3 Å². The third-order valence-corrected chi connectivity index (χ3v) is 7.77. The third-order valence-electron chi connectivity index (χ3n) is 6.72. The number of carbonyl (C=O) groups excluding carboxylic acids is 1. The topological polar surface area (TPSA) is 169 Å². The number of hydrogen-bond acceptors (Lipinski definition) is 12. The van der Waals surface area contributed by atoms with Gasteiger partial charge >= 0.3 is 11.8 Å². The van der Waals surface area contributed by atoms with Crippen LogP contribution in [0, 0.1) is 21.7 Å². The van der Waals surface area contributed by atoms with E-state index in [0.29, 0.717) is 24.8 Å². The van der Waals surface area contributed by atoms with Gasteiger partial charge in [0.1, 0.15) is 5.60 Å². The molecule has 288 valence electrons. The van der Waals surface area contributed by atoms with Crippen LogP contribution in [0.4, 0.5) is 30.9 Å². The molecule has 4 rings (SSSR count). The number of amides is 1. The molecule has 0 saturated heterocycles. The minimum absolute atomic E-state index is 0.00650. The van der Waals surface area contributed by atoms with Gasteiger partial charge in [0.2, 0.25) is 11.6 Å². The smallest absolute Gasteiger partial charge is 0.416 e. The lowest BCUT2D eigenvalue weighted by Gasteiger charge is -2.27. The molecular weight excluding hydrogens is 688 g/mol. The van der Waals surface area contributed by atoms with Gasteiger partial charge in [0.05, 0.1) is 29.8 Å². The molecule has 51 heavy (non-hydrogen) atoms. The maximum Gasteiger partial charge on any atom is 0.416 e. The van der Waals surface area contributed by atoms with E-state index in [2.05, 4.69) is 15.3 Å². The average molecular weight is 744 g/mol. The van der Waals surface area contributed by atoms with Crippen molar-refractivity contribution in [2.45, 2.75) is 141 Å². The van der Waals surface area contributed by atoms with E-state index >= 15 is 0 Å². The second-order valence-corrected chi connectivity index (χ2v) is 15.8. The van der Waals surface area contributed by atoms with Crippen LogP contribution in [0.1, 0.15) is 101 Å². The number of aliphatic hydroxyl groups is 2. The first kappa shape index (κ1) is 44.0. The van der Waals surface area contributed by atoms with Crippen molar-refractivity contribution < 1.29 is 42.9 Å². The van der Waals surface area contributed by atoms with Gasteiger partial charge in [-0.3, -0.25) is 15.0 Å². The molecule has 2 atom stereocenters. The molecule has 0 spiro atoms. The number of anilines is 2. The molecule has 0 radical (unpaired) electrons. The van der Waals surface area contributed by atoms with Crippen LogP contribution >= 0.6 is 11.8 Å². The number of nitrogens with zero attached hydrogens (tertiary/aromatic N) is 4. The number of thioether (sulfide) groups is 1. The maximum atomic E-state index is 13.2. The fourth-order valence-corrected chi connectivity index (χ4v) is 5.28. The lowest BCUT2D eigenvalue weighted by molar-refractivity contribution is -0.383. The zero-order valence-corrected chi connectivity index (χ0v) is 32.0. The maximum absolute atomic E-state index is 13.2. The van der Waals surface area contributed by atoms with E-state index in [9.17, 15) is 23.7 Å². The van der Waals surface area contributed by atoms with E-state index in [4.69, 9.17) is 24.4 Å². The zero-order chi connectivity index (χ0) is 38.6. The second-order valence-electron chi connectivity index (χ2n) is 14.7. The summed E-state index contributed by atoms with van der Waals surface area (Å²) in [7, 11) is 0. The van der Waals surface area contributed by atoms with E-state index in [-0.39, 0.29) is 41.1 Å². The lowest BCUT2D eigenvalue weighted by atomic mass is 10.2. The highest BCUT2D eigenvalue weighted by Crippen LogP contribution is 2.42. The molecule has 13 nitrogen and oxygen atoms in total. The normalized spacial score (nSPS) is 17.4. The van der Waals surface area contributed by atoms with Crippen LogP contribution in [0.2, 0.25) is 0 Å². The first-order valence-corrected chi connectivity index (χ1v) is 18.1. The Kier molecular flexibility index (Phi) is 16.9. The van der Waals surface area contributed by atoms with Gasteiger partial charge in [-0.05, 0) is 106 Å². The van der Waals surface area contributed by atoms with Crippen LogP contribution in [-0.2, 0) is 14.2 Å². The minimum atomic E-state index is -1.50. The van der Waals surface area contributed by atoms with Gasteiger partial charge in [0.25, 0.3) is 0 Å². The Balaban J connectivity index is 0.000000581. The van der Waals surface area contributed by atoms with Gasteiger partial charge in [-0.2, -0.15) is 9.97 Å². The Morgan fingerprint density at radius 3 is 2.06 bits per heavy atom. The Labute approximate surface area is 304 Å². The Morgan fingerprint density at radius 1 is 1.00 bits per heavy atom. The summed E-state index contributed by atoms with van der Waals surface area (Å²) in [4.78, 5) is 35.5. The molecule has 1 aromatic heterocycles. The van der Waals surface area contributed by atoms with Gasteiger partial charge in [0, 0.05) is 17.8 Å². The molecule has 16 heteroatoms. The monoisotopic (exact) mass is 743 g/mol. The van der Waals surface area contributed by atoms with Gasteiger partial charge in [0.15, 0.2) is 22.6 Å². The predicted molar refractivity (Wildman–Crippen MR) is 193 cm³/mol. The summed E-state index contributed by atoms with van der Waals surface area (Å²) in [6, 6.07) is 4.81. The number of nitrogens with one attached hydrogen (secondary N) is 1. The van der Waals surface area contributed by atoms with Crippen LogP contribution < -0.4 is 10.2 Å². The summed E-state index contributed by atoms with van der Waals surface area (Å²) < 4.78 is 41.2. The first-order valence-electron chi connectivity index (χ1n) is 17.2. The highest BCUT2D eigenvalue weighted by Gasteiger charge is 2.43. The van der Waals surface area contributed by atoms with E-state index in [1.165, 1.54) is 42.6 Å². The van der Waals surface area contributed by atoms with E-state index in [1.54, 1.807) is 20.8 Å². The second kappa shape index (κ2) is 19.6. The lowest BCUT2D eigenvalue weighted by Crippen LogP contribution is -2.39. The highest BCUT2D eigenvalue weighted by atomic mass is 32.2. The van der Waals surface area contributed by atoms with Crippen molar-refractivity contribution in [2.75, 3.05) is 29.2 Å². The molecule has 2 aromatic rings. The SMILES string of the molecule is CC(C)(O)O.CCCSc1nc(NC2CCC(OCCOC(C)(C)C)C2)c([N+](=O)[O-])c(N(C(=O)OC(C)(C)C)C2CC2)n1.Fc1ccccc1F. The molecule has 2 saturated carbocycles. The van der Waals surface area contributed by atoms with Crippen LogP contribution in [0.5, 0.6) is 0 Å². The Bertz CT molecular complexity index is 1390. The van der Waals surface area contributed by atoms with Gasteiger partial charge in [-0.25, -0.2) is 13.6 Å². The number of aromatic nitrogens is 2. The number of rotatable bonds is 12. The number of benzene rings is 1. The Morgan fingerprint density at radius 2 is 1.59 bits per heavy atom. The fraction of sp³-hybridized carbons (Fsp3) is 0.686. The van der Waals surface area contributed by atoms with Crippen molar-refractivity contribution in [2.24, 2.45) is 0 Å². The summed E-state index contributed by atoms with van der Waals surface area (Å²) >= 11 is 1.42. The summed E-state index contributed by atoms with van der Waals surface area (Å²) in [5.41, 5.74) is -1.26. The quantitative estimate of drug-likeness (QED) is 0.0486. The summed E-state index contributed by atoms with van der Waals surface area (Å²) in [5.74, 6) is -2.22. The first-order chi connectivity index (χ1) is 23.6. The Hall–Kier alpha value is -3.18. The third kappa shape index (κ3) is 17.7. The van der Waals surface area contributed by atoms with Crippen LogP contribution in [0.25, 0.3) is 0 Å². The largest absolute Gasteiger partial charge is 0.443 e. The number of hydrogen-bond donors (Lipinski definition) is 3. The summed E-state index contributed by atoms with van der Waals surface area (Å²) in [6.07, 6.45) is 4.09. The predicted octanol–water partition coefficient (Wildman–Crippen LogP) is 7.63. The standard InChI is InChI=1S/C26H43N5O6S.C6H4F2.C3H8O2/c1-8-15-38-23-28-21(27-17-9-12-19(16-17)35-13-14-36-25(2,3)4)20(31(33)34)22(29-23)30(18-10-11-18)24(32)37-26(5,6)7;7-5-3-1-2-4-6(5)8;1-3(2,4)5/h17-19H,8-16H2,1-7H3,(H,27,28,29);1-4H;4-5H,1-2H3. The van der Waals surface area contributed by atoms with Crippen LogP contribution in [0.3, 0.4) is 0 Å². The van der Waals surface area contributed by atoms with Crippen molar-refractivity contribution in [3.8, 4) is 0 Å². The van der Waals surface area contributed by atoms with Gasteiger partial charge in [-0.1, -0.05) is 30.8 Å².